The van der Waals surface area contributed by atoms with Gasteiger partial charge in [-0.25, -0.2) is 4.79 Å². The van der Waals surface area contributed by atoms with Crippen LogP contribution in [0.4, 0.5) is 4.79 Å². The second-order valence-corrected chi connectivity index (χ2v) is 6.27. The Morgan fingerprint density at radius 2 is 1.89 bits per heavy atom. The van der Waals surface area contributed by atoms with Gasteiger partial charge in [-0.15, -0.1) is 0 Å². The van der Waals surface area contributed by atoms with E-state index in [-0.39, 0.29) is 18.6 Å². The molecule has 1 heterocycles. The van der Waals surface area contributed by atoms with Crippen LogP contribution < -0.4 is 20.1 Å². The first-order chi connectivity index (χ1) is 13.1. The topological polar surface area (TPSA) is 89.1 Å². The van der Waals surface area contributed by atoms with Gasteiger partial charge in [-0.05, 0) is 31.9 Å². The van der Waals surface area contributed by atoms with Crippen molar-refractivity contribution < 1.29 is 23.8 Å². The molecule has 1 aromatic carbocycles. The third kappa shape index (κ3) is 7.44. The molecule has 0 bridgehead atoms. The third-order valence-corrected chi connectivity index (χ3v) is 4.19. The highest BCUT2D eigenvalue weighted by Crippen LogP contribution is 2.29. The summed E-state index contributed by atoms with van der Waals surface area (Å²) in [6, 6.07) is 7.16. The Kier molecular flexibility index (Phi) is 8.86. The molecular formula is C19H29N3O5. The number of urea groups is 1. The number of piperidine rings is 1. The molecule has 0 aromatic heterocycles. The molecule has 0 unspecified atom stereocenters. The van der Waals surface area contributed by atoms with E-state index < -0.39 is 6.03 Å². The lowest BCUT2D eigenvalue weighted by Crippen LogP contribution is -2.47. The fraction of sp³-hybridized carbons (Fsp3) is 0.579. The zero-order valence-corrected chi connectivity index (χ0v) is 16.0. The molecule has 2 N–H and O–H groups in total. The molecule has 1 saturated heterocycles. The van der Waals surface area contributed by atoms with Crippen molar-refractivity contribution in [2.45, 2.75) is 25.9 Å². The number of carbonyl (C=O) groups is 2. The van der Waals surface area contributed by atoms with E-state index in [1.54, 1.807) is 7.11 Å². The minimum Gasteiger partial charge on any atom is -0.490 e. The number of para-hydroxylation sites is 2. The zero-order valence-electron chi connectivity index (χ0n) is 16.0. The molecule has 27 heavy (non-hydrogen) atoms. The molecule has 8 nitrogen and oxygen atoms in total. The molecule has 3 amide bonds. The van der Waals surface area contributed by atoms with Gasteiger partial charge in [0.25, 0.3) is 0 Å². The highest BCUT2D eigenvalue weighted by Gasteiger charge is 2.23. The first-order valence-corrected chi connectivity index (χ1v) is 9.29. The van der Waals surface area contributed by atoms with Crippen molar-refractivity contribution in [2.75, 3.05) is 46.5 Å². The molecular weight excluding hydrogens is 350 g/mol. The van der Waals surface area contributed by atoms with Crippen LogP contribution in [0, 0.1) is 0 Å². The van der Waals surface area contributed by atoms with E-state index >= 15 is 0 Å². The Morgan fingerprint density at radius 3 is 2.56 bits per heavy atom. The normalized spacial score (nSPS) is 15.2. The summed E-state index contributed by atoms with van der Waals surface area (Å²) in [5.74, 6) is 1.19. The number of likely N-dealkylation sites (tertiary alicyclic amines) is 1. The van der Waals surface area contributed by atoms with Gasteiger partial charge in [-0.1, -0.05) is 12.1 Å². The Balaban J connectivity index is 1.71. The van der Waals surface area contributed by atoms with E-state index in [0.29, 0.717) is 19.8 Å². The molecule has 1 aliphatic heterocycles. The van der Waals surface area contributed by atoms with Crippen LogP contribution in [0.1, 0.15) is 19.8 Å². The van der Waals surface area contributed by atoms with Gasteiger partial charge in [0.15, 0.2) is 11.5 Å². The van der Waals surface area contributed by atoms with Gasteiger partial charge >= 0.3 is 6.03 Å². The van der Waals surface area contributed by atoms with Crippen molar-refractivity contribution in [3.8, 4) is 11.5 Å². The third-order valence-electron chi connectivity index (χ3n) is 4.19. The van der Waals surface area contributed by atoms with Crippen LogP contribution in [0.5, 0.6) is 11.5 Å². The molecule has 8 heteroatoms. The van der Waals surface area contributed by atoms with Crippen LogP contribution >= 0.6 is 0 Å². The van der Waals surface area contributed by atoms with Gasteiger partial charge in [-0.2, -0.15) is 0 Å². The van der Waals surface area contributed by atoms with Gasteiger partial charge in [-0.3, -0.25) is 15.0 Å². The second-order valence-electron chi connectivity index (χ2n) is 6.27. The lowest BCUT2D eigenvalue weighted by atomic mass is 10.1. The van der Waals surface area contributed by atoms with Gasteiger partial charge in [0.1, 0.15) is 6.10 Å². The number of nitrogens with one attached hydrogen (secondary N) is 2. The summed E-state index contributed by atoms with van der Waals surface area (Å²) in [6.07, 6.45) is 1.71. The zero-order chi connectivity index (χ0) is 19.5. The van der Waals surface area contributed by atoms with Crippen molar-refractivity contribution in [1.82, 2.24) is 15.5 Å². The fourth-order valence-electron chi connectivity index (χ4n) is 2.87. The average molecular weight is 379 g/mol. The molecule has 1 fully saturated rings. The summed E-state index contributed by atoms with van der Waals surface area (Å²) in [5.41, 5.74) is 0. The number of hydrogen-bond donors (Lipinski definition) is 2. The number of imide groups is 1. The summed E-state index contributed by atoms with van der Waals surface area (Å²) in [6.45, 7) is 4.97. The highest BCUT2D eigenvalue weighted by atomic mass is 16.5. The van der Waals surface area contributed by atoms with Gasteiger partial charge in [0.2, 0.25) is 5.91 Å². The Bertz CT molecular complexity index is 603. The molecule has 1 aliphatic rings. The van der Waals surface area contributed by atoms with Crippen LogP contribution in [0.3, 0.4) is 0 Å². The number of amides is 3. The van der Waals surface area contributed by atoms with Crippen LogP contribution in [0.15, 0.2) is 24.3 Å². The highest BCUT2D eigenvalue weighted by molar-refractivity contribution is 5.95. The average Bonchev–Trinajstić information content (AvgIpc) is 2.65. The number of hydrogen-bond acceptors (Lipinski definition) is 6. The number of nitrogens with zero attached hydrogens (tertiary/aromatic N) is 1. The van der Waals surface area contributed by atoms with Crippen LogP contribution in [-0.2, 0) is 9.53 Å². The maximum Gasteiger partial charge on any atom is 0.321 e. The van der Waals surface area contributed by atoms with E-state index in [0.717, 1.165) is 37.4 Å². The predicted molar refractivity (Wildman–Crippen MR) is 101 cm³/mol. The first-order valence-electron chi connectivity index (χ1n) is 9.29. The SMILES string of the molecule is CCOc1ccccc1OC1CCN(CC(=O)NC(=O)NCCOC)CC1. The van der Waals surface area contributed by atoms with E-state index in [2.05, 4.69) is 10.6 Å². The van der Waals surface area contributed by atoms with Crippen molar-refractivity contribution in [2.24, 2.45) is 0 Å². The molecule has 1 aromatic rings. The quantitative estimate of drug-likeness (QED) is 0.631. The van der Waals surface area contributed by atoms with Gasteiger partial charge < -0.3 is 19.5 Å². The van der Waals surface area contributed by atoms with E-state index in [4.69, 9.17) is 14.2 Å². The fourth-order valence-corrected chi connectivity index (χ4v) is 2.87. The molecule has 150 valence electrons. The summed E-state index contributed by atoms with van der Waals surface area (Å²) < 4.78 is 16.5. The van der Waals surface area contributed by atoms with Crippen molar-refractivity contribution in [3.05, 3.63) is 24.3 Å². The molecule has 0 spiro atoms. The molecule has 0 radical (unpaired) electrons. The van der Waals surface area contributed by atoms with Crippen molar-refractivity contribution in [3.63, 3.8) is 0 Å². The van der Waals surface area contributed by atoms with E-state index in [1.165, 1.54) is 0 Å². The van der Waals surface area contributed by atoms with E-state index in [9.17, 15) is 9.59 Å². The maximum atomic E-state index is 12.0. The lowest BCUT2D eigenvalue weighted by Gasteiger charge is -2.31. The number of rotatable bonds is 9. The second kappa shape index (κ2) is 11.4. The smallest absolute Gasteiger partial charge is 0.321 e. The minimum absolute atomic E-state index is 0.0864. The number of carbonyl (C=O) groups excluding carboxylic acids is 2. The summed E-state index contributed by atoms with van der Waals surface area (Å²) in [4.78, 5) is 25.5. The first kappa shape index (κ1) is 21.0. The number of benzene rings is 1. The summed E-state index contributed by atoms with van der Waals surface area (Å²) in [5, 5.41) is 4.88. The van der Waals surface area contributed by atoms with Crippen molar-refractivity contribution >= 4 is 11.9 Å². The Hall–Kier alpha value is -2.32. The number of methoxy groups -OCH3 is 1. The summed E-state index contributed by atoms with van der Waals surface area (Å²) >= 11 is 0. The van der Waals surface area contributed by atoms with Crippen LogP contribution in [-0.4, -0.2) is 69.4 Å². The lowest BCUT2D eigenvalue weighted by molar-refractivity contribution is -0.121. The Morgan fingerprint density at radius 1 is 1.19 bits per heavy atom. The molecule has 0 aliphatic carbocycles. The standard InChI is InChI=1S/C19H29N3O5/c1-3-26-16-6-4-5-7-17(16)27-15-8-11-22(12-9-15)14-18(23)21-19(24)20-10-13-25-2/h4-7,15H,3,8-14H2,1-2H3,(H2,20,21,23,24). The van der Waals surface area contributed by atoms with Crippen LogP contribution in [0.25, 0.3) is 0 Å². The summed E-state index contributed by atoms with van der Waals surface area (Å²) in [7, 11) is 1.55. The minimum atomic E-state index is -0.497. The van der Waals surface area contributed by atoms with Gasteiger partial charge in [0, 0.05) is 26.7 Å². The number of ether oxygens (including phenoxy) is 3. The van der Waals surface area contributed by atoms with Crippen molar-refractivity contribution in [1.29, 1.82) is 0 Å². The molecule has 2 rings (SSSR count). The maximum absolute atomic E-state index is 12.0. The Labute approximate surface area is 160 Å². The molecule has 0 saturated carbocycles. The van der Waals surface area contributed by atoms with E-state index in [1.807, 2.05) is 36.1 Å². The predicted octanol–water partition coefficient (Wildman–Crippen LogP) is 1.40. The van der Waals surface area contributed by atoms with Gasteiger partial charge in [0.05, 0.1) is 19.8 Å². The largest absolute Gasteiger partial charge is 0.490 e. The van der Waals surface area contributed by atoms with Crippen LogP contribution in [0.2, 0.25) is 0 Å². The monoisotopic (exact) mass is 379 g/mol. The molecule has 0 atom stereocenters.